The lowest BCUT2D eigenvalue weighted by Gasteiger charge is -2.31. The number of nitrogens with two attached hydrogens (primary N) is 2. The van der Waals surface area contributed by atoms with Crippen LogP contribution in [0.25, 0.3) is 0 Å². The molecule has 4 rings (SSSR count). The van der Waals surface area contributed by atoms with Gasteiger partial charge in [-0.1, -0.05) is 36.4 Å². The molecule has 2 aromatic carbocycles. The standard InChI is InChI=1S/2C14H22N4.H2O4S/c2*1-3-17(14(15)16)10-12-9-11-7-5-6-8-13(11)18(12)4-2;1-5(2,3)4/h2*5-8,12H,3-4,9-10H2,1-2H3,(H3,15,16);(H2,1,2,3,4). The van der Waals surface area contributed by atoms with E-state index in [1.807, 2.05) is 23.6 Å². The molecular weight excluding hydrogens is 544 g/mol. The second-order valence-electron chi connectivity index (χ2n) is 9.84. The molecule has 2 aliphatic rings. The van der Waals surface area contributed by atoms with Crippen molar-refractivity contribution in [1.29, 1.82) is 10.8 Å². The molecule has 0 bridgehead atoms. The van der Waals surface area contributed by atoms with E-state index in [1.165, 1.54) is 22.5 Å². The number of hydrogen-bond donors (Lipinski definition) is 6. The minimum absolute atomic E-state index is 0.171. The molecule has 228 valence electrons. The first-order valence-electron chi connectivity index (χ1n) is 13.9. The second kappa shape index (κ2) is 15.5. The highest BCUT2D eigenvalue weighted by atomic mass is 32.3. The summed E-state index contributed by atoms with van der Waals surface area (Å²) in [5, 5.41) is 15.2. The summed E-state index contributed by atoms with van der Waals surface area (Å²) in [4.78, 5) is 8.69. The Morgan fingerprint density at radius 2 is 1.10 bits per heavy atom. The predicted octanol–water partition coefficient (Wildman–Crippen LogP) is 2.65. The number of rotatable bonds is 8. The molecule has 12 nitrogen and oxygen atoms in total. The summed E-state index contributed by atoms with van der Waals surface area (Å²) in [7, 11) is -4.67. The van der Waals surface area contributed by atoms with Crippen molar-refractivity contribution in [3.05, 3.63) is 59.7 Å². The summed E-state index contributed by atoms with van der Waals surface area (Å²) in [6, 6.07) is 18.0. The Balaban J connectivity index is 0.000000247. The van der Waals surface area contributed by atoms with Crippen LogP contribution in [0.15, 0.2) is 48.5 Å². The summed E-state index contributed by atoms with van der Waals surface area (Å²) in [6.07, 6.45) is 2.10. The topological polar surface area (TPSA) is 187 Å². The molecule has 2 aromatic rings. The number of nitrogens with zero attached hydrogens (tertiary/aromatic N) is 4. The number of fused-ring (bicyclic) bond motifs is 2. The predicted molar refractivity (Wildman–Crippen MR) is 166 cm³/mol. The van der Waals surface area contributed by atoms with E-state index in [-0.39, 0.29) is 11.9 Å². The van der Waals surface area contributed by atoms with E-state index in [2.05, 4.69) is 72.2 Å². The maximum absolute atomic E-state index is 8.74. The van der Waals surface area contributed by atoms with Gasteiger partial charge in [-0.15, -0.1) is 0 Å². The molecular formula is C28H46N8O4S. The first kappa shape index (κ1) is 33.7. The zero-order chi connectivity index (χ0) is 30.7. The lowest BCUT2D eigenvalue weighted by Crippen LogP contribution is -2.46. The van der Waals surface area contributed by atoms with Gasteiger partial charge in [0.2, 0.25) is 0 Å². The Morgan fingerprint density at radius 3 is 1.37 bits per heavy atom. The Bertz CT molecular complexity index is 1170. The molecule has 0 radical (unpaired) electrons. The van der Waals surface area contributed by atoms with Crippen molar-refractivity contribution in [3.63, 3.8) is 0 Å². The van der Waals surface area contributed by atoms with Crippen LogP contribution in [-0.4, -0.2) is 90.6 Å². The number of anilines is 2. The van der Waals surface area contributed by atoms with Gasteiger partial charge in [0.25, 0.3) is 0 Å². The smallest absolute Gasteiger partial charge is 0.370 e. The molecule has 13 heteroatoms. The van der Waals surface area contributed by atoms with Gasteiger partial charge in [0, 0.05) is 50.6 Å². The van der Waals surface area contributed by atoms with Crippen LogP contribution in [-0.2, 0) is 23.2 Å². The van der Waals surface area contributed by atoms with E-state index < -0.39 is 10.4 Å². The fourth-order valence-electron chi connectivity index (χ4n) is 5.54. The van der Waals surface area contributed by atoms with E-state index in [1.54, 1.807) is 0 Å². The SMILES string of the molecule is CCN(CC1Cc2ccccc2N1CC)C(=N)N.CCN(CC1Cc2ccccc2N1CC)C(=N)N.O=S(=O)(O)O. The molecule has 2 heterocycles. The van der Waals surface area contributed by atoms with Crippen LogP contribution >= 0.6 is 0 Å². The van der Waals surface area contributed by atoms with Crippen molar-refractivity contribution in [3.8, 4) is 0 Å². The lowest BCUT2D eigenvalue weighted by atomic mass is 10.1. The number of hydrogen-bond acceptors (Lipinski definition) is 6. The van der Waals surface area contributed by atoms with E-state index in [0.717, 1.165) is 52.1 Å². The molecule has 0 saturated carbocycles. The average molecular weight is 591 g/mol. The monoisotopic (exact) mass is 590 g/mol. The Hall–Kier alpha value is -3.55. The van der Waals surface area contributed by atoms with Crippen LogP contribution in [0.2, 0.25) is 0 Å². The van der Waals surface area contributed by atoms with E-state index in [0.29, 0.717) is 12.1 Å². The van der Waals surface area contributed by atoms with Crippen LogP contribution in [0, 0.1) is 10.8 Å². The third-order valence-electron chi connectivity index (χ3n) is 7.38. The molecule has 2 unspecified atom stereocenters. The third-order valence-corrected chi connectivity index (χ3v) is 7.38. The van der Waals surface area contributed by atoms with Gasteiger partial charge in [-0.2, -0.15) is 8.42 Å². The number of guanidine groups is 2. The summed E-state index contributed by atoms with van der Waals surface area (Å²) >= 11 is 0. The molecule has 41 heavy (non-hydrogen) atoms. The third kappa shape index (κ3) is 9.80. The number of benzene rings is 2. The highest BCUT2D eigenvalue weighted by Crippen LogP contribution is 2.33. The highest BCUT2D eigenvalue weighted by molar-refractivity contribution is 7.79. The Morgan fingerprint density at radius 1 is 0.780 bits per heavy atom. The van der Waals surface area contributed by atoms with Crippen molar-refractivity contribution in [2.45, 2.75) is 52.6 Å². The van der Waals surface area contributed by atoms with Crippen LogP contribution in [0.5, 0.6) is 0 Å². The van der Waals surface area contributed by atoms with Crippen molar-refractivity contribution in [1.82, 2.24) is 9.80 Å². The summed E-state index contributed by atoms with van der Waals surface area (Å²) in [6.45, 7) is 13.7. The summed E-state index contributed by atoms with van der Waals surface area (Å²) in [5.74, 6) is 0.342. The zero-order valence-electron chi connectivity index (χ0n) is 24.5. The fourth-order valence-corrected chi connectivity index (χ4v) is 5.54. The molecule has 2 aliphatic heterocycles. The van der Waals surface area contributed by atoms with Gasteiger partial charge in [0.05, 0.1) is 12.1 Å². The normalized spacial score (nSPS) is 16.9. The molecule has 0 aromatic heterocycles. The van der Waals surface area contributed by atoms with Crippen molar-refractivity contribution < 1.29 is 17.5 Å². The van der Waals surface area contributed by atoms with E-state index in [9.17, 15) is 0 Å². The molecule has 8 N–H and O–H groups in total. The first-order chi connectivity index (χ1) is 19.3. The van der Waals surface area contributed by atoms with Crippen LogP contribution in [0.1, 0.15) is 38.8 Å². The largest absolute Gasteiger partial charge is 0.394 e. The number of para-hydroxylation sites is 2. The van der Waals surface area contributed by atoms with Gasteiger partial charge >= 0.3 is 10.4 Å². The van der Waals surface area contributed by atoms with Gasteiger partial charge in [-0.3, -0.25) is 19.9 Å². The van der Waals surface area contributed by atoms with Crippen molar-refractivity contribution >= 4 is 33.7 Å². The minimum Gasteiger partial charge on any atom is -0.370 e. The van der Waals surface area contributed by atoms with Crippen LogP contribution < -0.4 is 21.3 Å². The maximum atomic E-state index is 8.74. The Labute approximate surface area is 244 Å². The van der Waals surface area contributed by atoms with Crippen molar-refractivity contribution in [2.75, 3.05) is 49.1 Å². The molecule has 0 amide bonds. The van der Waals surface area contributed by atoms with Gasteiger partial charge in [0.15, 0.2) is 11.9 Å². The van der Waals surface area contributed by atoms with E-state index in [4.69, 9.17) is 39.8 Å². The summed E-state index contributed by atoms with van der Waals surface area (Å²) in [5.41, 5.74) is 16.7. The van der Waals surface area contributed by atoms with E-state index >= 15 is 0 Å². The minimum atomic E-state index is -4.67. The highest BCUT2D eigenvalue weighted by Gasteiger charge is 2.30. The fraction of sp³-hybridized carbons (Fsp3) is 0.500. The Kier molecular flexibility index (Phi) is 12.7. The van der Waals surface area contributed by atoms with Gasteiger partial charge < -0.3 is 31.1 Å². The maximum Gasteiger partial charge on any atom is 0.394 e. The molecule has 2 atom stereocenters. The molecule has 0 aliphatic carbocycles. The second-order valence-corrected chi connectivity index (χ2v) is 10.7. The van der Waals surface area contributed by atoms with Gasteiger partial charge in [-0.05, 0) is 63.8 Å². The van der Waals surface area contributed by atoms with Gasteiger partial charge in [0.1, 0.15) is 0 Å². The molecule has 0 fully saturated rings. The lowest BCUT2D eigenvalue weighted by molar-refractivity contribution is 0.381. The van der Waals surface area contributed by atoms with Crippen LogP contribution in [0.4, 0.5) is 11.4 Å². The van der Waals surface area contributed by atoms with Crippen molar-refractivity contribution in [2.24, 2.45) is 11.5 Å². The molecule has 0 saturated heterocycles. The van der Waals surface area contributed by atoms with Crippen LogP contribution in [0.3, 0.4) is 0 Å². The zero-order valence-corrected chi connectivity index (χ0v) is 25.3. The molecule has 0 spiro atoms. The number of nitrogens with one attached hydrogen (secondary N) is 2. The average Bonchev–Trinajstić information content (AvgIpc) is 3.45. The van der Waals surface area contributed by atoms with Gasteiger partial charge in [-0.25, -0.2) is 0 Å². The summed E-state index contributed by atoms with van der Waals surface area (Å²) < 4.78 is 31.6. The quantitative estimate of drug-likeness (QED) is 0.152. The first-order valence-corrected chi connectivity index (χ1v) is 15.3. The number of likely N-dealkylation sites (N-methyl/N-ethyl adjacent to an activating group) is 4.